The van der Waals surface area contributed by atoms with Gasteiger partial charge in [0.1, 0.15) is 0 Å². The molecule has 0 aromatic rings. The molecule has 2 nitrogen and oxygen atoms in total. The predicted octanol–water partition coefficient (Wildman–Crippen LogP) is 1.18. The van der Waals surface area contributed by atoms with Crippen molar-refractivity contribution in [3.8, 4) is 0 Å². The molecule has 2 rings (SSSR count). The normalized spacial score (nSPS) is 32.8. The summed E-state index contributed by atoms with van der Waals surface area (Å²) in [6, 6.07) is 0.836. The molecule has 13 heavy (non-hydrogen) atoms. The second-order valence-electron chi connectivity index (χ2n) is 4.00. The molecule has 0 amide bonds. The lowest BCUT2D eigenvalue weighted by atomic mass is 10.1. The lowest BCUT2D eigenvalue weighted by molar-refractivity contribution is 0.206. The molecule has 3 heteroatoms. The van der Waals surface area contributed by atoms with Crippen molar-refractivity contribution in [3.63, 3.8) is 0 Å². The number of nitrogens with one attached hydrogen (secondary N) is 1. The molecule has 0 bridgehead atoms. The van der Waals surface area contributed by atoms with E-state index in [9.17, 15) is 0 Å². The van der Waals surface area contributed by atoms with Crippen LogP contribution in [-0.4, -0.2) is 48.6 Å². The minimum absolute atomic E-state index is 0.836. The molecule has 1 unspecified atom stereocenters. The molecule has 0 spiro atoms. The van der Waals surface area contributed by atoms with Gasteiger partial charge in [-0.25, -0.2) is 0 Å². The van der Waals surface area contributed by atoms with Crippen molar-refractivity contribution in [1.82, 2.24) is 10.2 Å². The maximum Gasteiger partial charge on any atom is 0.0221 e. The molecule has 2 saturated heterocycles. The Morgan fingerprint density at radius 3 is 2.85 bits per heavy atom. The summed E-state index contributed by atoms with van der Waals surface area (Å²) in [7, 11) is 0. The van der Waals surface area contributed by atoms with Crippen LogP contribution in [0, 0.1) is 0 Å². The van der Waals surface area contributed by atoms with Gasteiger partial charge in [-0.2, -0.15) is 11.8 Å². The highest BCUT2D eigenvalue weighted by Gasteiger charge is 2.21. The van der Waals surface area contributed by atoms with Gasteiger partial charge in [0.25, 0.3) is 0 Å². The van der Waals surface area contributed by atoms with Gasteiger partial charge in [-0.05, 0) is 19.4 Å². The largest absolute Gasteiger partial charge is 0.315 e. The van der Waals surface area contributed by atoms with E-state index in [-0.39, 0.29) is 0 Å². The zero-order chi connectivity index (χ0) is 8.93. The molecule has 0 aliphatic carbocycles. The van der Waals surface area contributed by atoms with Gasteiger partial charge < -0.3 is 5.32 Å². The first-order chi connectivity index (χ1) is 6.47. The number of rotatable bonds is 1. The molecule has 76 valence electrons. The average molecular weight is 200 g/mol. The fourth-order valence-corrected chi connectivity index (χ4v) is 3.19. The summed E-state index contributed by atoms with van der Waals surface area (Å²) in [5.41, 5.74) is 0. The minimum atomic E-state index is 0.836. The van der Waals surface area contributed by atoms with Crippen molar-refractivity contribution in [2.45, 2.75) is 25.3 Å². The van der Waals surface area contributed by atoms with Crippen LogP contribution < -0.4 is 5.32 Å². The molecule has 2 aliphatic heterocycles. The molecule has 2 fully saturated rings. The molecule has 0 saturated carbocycles. The molecule has 0 aromatic carbocycles. The molecular weight excluding hydrogens is 180 g/mol. The van der Waals surface area contributed by atoms with E-state index >= 15 is 0 Å². The lowest BCUT2D eigenvalue weighted by Crippen LogP contribution is -2.45. The molecule has 1 N–H and O–H groups in total. The van der Waals surface area contributed by atoms with E-state index in [1.165, 1.54) is 56.9 Å². The lowest BCUT2D eigenvalue weighted by Gasteiger charge is -2.33. The summed E-state index contributed by atoms with van der Waals surface area (Å²) < 4.78 is 0. The Kier molecular flexibility index (Phi) is 3.94. The third kappa shape index (κ3) is 2.86. The number of hydrogen-bond donors (Lipinski definition) is 1. The Labute approximate surface area is 85.4 Å². The van der Waals surface area contributed by atoms with Crippen molar-refractivity contribution in [2.24, 2.45) is 0 Å². The summed E-state index contributed by atoms with van der Waals surface area (Å²) >= 11 is 2.11. The highest BCUT2D eigenvalue weighted by atomic mass is 32.2. The molecule has 0 aromatic heterocycles. The van der Waals surface area contributed by atoms with Crippen LogP contribution in [0.1, 0.15) is 19.3 Å². The van der Waals surface area contributed by atoms with E-state index in [1.807, 2.05) is 0 Å². The van der Waals surface area contributed by atoms with E-state index < -0.39 is 0 Å². The van der Waals surface area contributed by atoms with Crippen LogP contribution in [0.25, 0.3) is 0 Å². The number of nitrogens with zero attached hydrogens (tertiary/aromatic N) is 1. The Morgan fingerprint density at radius 2 is 2.00 bits per heavy atom. The van der Waals surface area contributed by atoms with Crippen LogP contribution in [-0.2, 0) is 0 Å². The minimum Gasteiger partial charge on any atom is -0.315 e. The third-order valence-electron chi connectivity index (χ3n) is 3.08. The Balaban J connectivity index is 1.82. The number of hydrogen-bond acceptors (Lipinski definition) is 3. The van der Waals surface area contributed by atoms with Crippen LogP contribution in [0.15, 0.2) is 0 Å². The van der Waals surface area contributed by atoms with E-state index in [2.05, 4.69) is 22.0 Å². The molecule has 2 aliphatic rings. The number of thioether (sulfide) groups is 1. The maximum absolute atomic E-state index is 3.55. The van der Waals surface area contributed by atoms with Crippen molar-refractivity contribution >= 4 is 11.8 Å². The van der Waals surface area contributed by atoms with Crippen LogP contribution in [0.4, 0.5) is 0 Å². The van der Waals surface area contributed by atoms with Crippen molar-refractivity contribution in [1.29, 1.82) is 0 Å². The van der Waals surface area contributed by atoms with Crippen LogP contribution in [0.2, 0.25) is 0 Å². The molecule has 1 atom stereocenters. The Hall–Kier alpha value is 0.270. The van der Waals surface area contributed by atoms with E-state index in [4.69, 9.17) is 0 Å². The SMILES string of the molecule is C1CCC(N2CCSCC2)CNC1. The van der Waals surface area contributed by atoms with Gasteiger partial charge in [0.05, 0.1) is 0 Å². The van der Waals surface area contributed by atoms with Gasteiger partial charge >= 0.3 is 0 Å². The van der Waals surface area contributed by atoms with Crippen molar-refractivity contribution in [2.75, 3.05) is 37.7 Å². The van der Waals surface area contributed by atoms with E-state index in [1.54, 1.807) is 0 Å². The Bertz CT molecular complexity index is 138. The maximum atomic E-state index is 3.55. The summed E-state index contributed by atoms with van der Waals surface area (Å²) in [5, 5.41) is 3.55. The highest BCUT2D eigenvalue weighted by Crippen LogP contribution is 2.16. The zero-order valence-corrected chi connectivity index (χ0v) is 9.11. The van der Waals surface area contributed by atoms with Gasteiger partial charge in [0.2, 0.25) is 0 Å². The van der Waals surface area contributed by atoms with E-state index in [0.717, 1.165) is 6.04 Å². The zero-order valence-electron chi connectivity index (χ0n) is 8.30. The van der Waals surface area contributed by atoms with Gasteiger partial charge in [-0.1, -0.05) is 6.42 Å². The Morgan fingerprint density at radius 1 is 1.15 bits per heavy atom. The fourth-order valence-electron chi connectivity index (χ4n) is 2.25. The second-order valence-corrected chi connectivity index (χ2v) is 5.23. The molecule has 2 heterocycles. The monoisotopic (exact) mass is 200 g/mol. The third-order valence-corrected chi connectivity index (χ3v) is 4.03. The van der Waals surface area contributed by atoms with E-state index in [0.29, 0.717) is 0 Å². The molecule has 0 radical (unpaired) electrons. The summed E-state index contributed by atoms with van der Waals surface area (Å²) in [4.78, 5) is 2.69. The summed E-state index contributed by atoms with van der Waals surface area (Å²) in [5.74, 6) is 2.69. The fraction of sp³-hybridized carbons (Fsp3) is 1.00. The van der Waals surface area contributed by atoms with Gasteiger partial charge in [-0.15, -0.1) is 0 Å². The highest BCUT2D eigenvalue weighted by molar-refractivity contribution is 7.99. The topological polar surface area (TPSA) is 15.3 Å². The van der Waals surface area contributed by atoms with Crippen molar-refractivity contribution in [3.05, 3.63) is 0 Å². The van der Waals surface area contributed by atoms with Crippen LogP contribution >= 0.6 is 11.8 Å². The smallest absolute Gasteiger partial charge is 0.0221 e. The average Bonchev–Trinajstić information content (AvgIpc) is 2.47. The first kappa shape index (κ1) is 9.81. The summed E-state index contributed by atoms with van der Waals surface area (Å²) in [6.07, 6.45) is 4.21. The predicted molar refractivity (Wildman–Crippen MR) is 59.4 cm³/mol. The van der Waals surface area contributed by atoms with Gasteiger partial charge in [0.15, 0.2) is 0 Å². The standard InChI is InChI=1S/C10H20N2S/c1-2-4-11-9-10(3-1)12-5-7-13-8-6-12/h10-11H,1-9H2. The van der Waals surface area contributed by atoms with Crippen LogP contribution in [0.5, 0.6) is 0 Å². The van der Waals surface area contributed by atoms with Crippen molar-refractivity contribution < 1.29 is 0 Å². The first-order valence-electron chi connectivity index (χ1n) is 5.49. The second kappa shape index (κ2) is 5.23. The first-order valence-corrected chi connectivity index (χ1v) is 6.65. The quantitative estimate of drug-likeness (QED) is 0.684. The van der Waals surface area contributed by atoms with Crippen LogP contribution in [0.3, 0.4) is 0 Å². The molecular formula is C10H20N2S. The summed E-state index contributed by atoms with van der Waals surface area (Å²) in [6.45, 7) is 5.10. The van der Waals surface area contributed by atoms with Gasteiger partial charge in [-0.3, -0.25) is 4.90 Å². The van der Waals surface area contributed by atoms with Gasteiger partial charge in [0, 0.05) is 37.2 Å².